The molecule has 1 N–H and O–H groups in total. The number of hydrogen-bond donors (Lipinski definition) is 1. The van der Waals surface area contributed by atoms with Gasteiger partial charge in [-0.25, -0.2) is 9.59 Å². The van der Waals surface area contributed by atoms with Crippen LogP contribution in [0.2, 0.25) is 18.1 Å². The second kappa shape index (κ2) is 23.1. The predicted octanol–water partition coefficient (Wildman–Crippen LogP) is 7.15. The summed E-state index contributed by atoms with van der Waals surface area (Å²) in [6, 6.07) is 35.8. The van der Waals surface area contributed by atoms with Gasteiger partial charge in [0, 0.05) is 14.0 Å². The molecule has 0 aliphatic carbocycles. The van der Waals surface area contributed by atoms with Gasteiger partial charge in [-0.3, -0.25) is 4.79 Å². The summed E-state index contributed by atoms with van der Waals surface area (Å²) >= 11 is 0. The molecule has 0 saturated carbocycles. The maximum absolute atomic E-state index is 14.2. The zero-order chi connectivity index (χ0) is 46.6. The Morgan fingerprint density at radius 3 is 1.60 bits per heavy atom. The van der Waals surface area contributed by atoms with E-state index >= 15 is 0 Å². The molecule has 14 nitrogen and oxygen atoms in total. The van der Waals surface area contributed by atoms with Gasteiger partial charge in [-0.2, -0.15) is 0 Å². The lowest BCUT2D eigenvalue weighted by Gasteiger charge is -2.50. The number of rotatable bonds is 19. The molecule has 0 aromatic heterocycles. The number of amides is 1. The number of benzene rings is 4. The predicted molar refractivity (Wildman–Crippen MR) is 243 cm³/mol. The first-order valence-electron chi connectivity index (χ1n) is 21.9. The molecular formula is C50H63NO13Si. The van der Waals surface area contributed by atoms with Crippen molar-refractivity contribution in [3.05, 3.63) is 144 Å². The molecule has 0 bridgehead atoms. The summed E-state index contributed by atoms with van der Waals surface area (Å²) in [5.41, 5.74) is 2.73. The number of carbonyl (C=O) groups excluding carboxylic acids is 3. The van der Waals surface area contributed by atoms with E-state index in [0.29, 0.717) is 0 Å². The molecule has 4 aromatic rings. The van der Waals surface area contributed by atoms with Gasteiger partial charge in [-0.05, 0) is 47.0 Å². The number of methoxy groups -OCH3 is 2. The van der Waals surface area contributed by atoms with Gasteiger partial charge in [0.2, 0.25) is 5.91 Å². The quantitative estimate of drug-likeness (QED) is 0.0749. The highest BCUT2D eigenvalue weighted by atomic mass is 28.4. The van der Waals surface area contributed by atoms with Crippen molar-refractivity contribution in [3.63, 3.8) is 0 Å². The van der Waals surface area contributed by atoms with Gasteiger partial charge in [0.25, 0.3) is 0 Å². The van der Waals surface area contributed by atoms with Crippen molar-refractivity contribution in [1.82, 2.24) is 5.32 Å². The van der Waals surface area contributed by atoms with E-state index in [4.69, 9.17) is 47.1 Å². The van der Waals surface area contributed by atoms with E-state index in [1.54, 1.807) is 30.3 Å². The molecule has 6 rings (SSSR count). The van der Waals surface area contributed by atoms with E-state index < -0.39 is 87.5 Å². The summed E-state index contributed by atoms with van der Waals surface area (Å²) < 4.78 is 64.8. The number of ether oxygens (including phenoxy) is 9. The van der Waals surface area contributed by atoms with Gasteiger partial charge in [0.15, 0.2) is 33.1 Å². The van der Waals surface area contributed by atoms with Crippen LogP contribution in [0.4, 0.5) is 0 Å². The largest absolute Gasteiger partial charge is 0.467 e. The first-order chi connectivity index (χ1) is 31.2. The molecule has 2 aliphatic rings. The van der Waals surface area contributed by atoms with Crippen LogP contribution in [0.3, 0.4) is 0 Å². The van der Waals surface area contributed by atoms with Gasteiger partial charge in [-0.15, -0.1) is 0 Å². The SMILES string of the molecule is COC(=O)[C@H]1O[C@@H](O[C@@H]2[C@@H](NC(C)=O)[C@H](OC)O[C@H](CO[Si](C)(C)C(C)(C)C)[C@@H]2OCc2ccccc2)[C@H](OC(=O)c2ccccc2)[C@@H](OCc2ccccc2)[C@@H]1OCc1ccccc1. The van der Waals surface area contributed by atoms with Crippen molar-refractivity contribution < 1.29 is 61.4 Å². The van der Waals surface area contributed by atoms with Crippen molar-refractivity contribution in [1.29, 1.82) is 0 Å². The van der Waals surface area contributed by atoms with Crippen molar-refractivity contribution in [2.45, 2.75) is 127 Å². The fourth-order valence-corrected chi connectivity index (χ4v) is 8.46. The second-order valence-corrected chi connectivity index (χ2v) is 22.5. The molecule has 4 aromatic carbocycles. The van der Waals surface area contributed by atoms with Crippen LogP contribution in [-0.4, -0.2) is 108 Å². The normalized spacial score (nSPS) is 25.9. The third-order valence-corrected chi connectivity index (χ3v) is 16.5. The molecule has 2 aliphatic heterocycles. The molecule has 1 amide bonds. The lowest BCUT2D eigenvalue weighted by molar-refractivity contribution is -0.348. The zero-order valence-electron chi connectivity index (χ0n) is 38.5. The van der Waals surface area contributed by atoms with Crippen LogP contribution in [0.15, 0.2) is 121 Å². The molecular weight excluding hydrogens is 851 g/mol. The first-order valence-corrected chi connectivity index (χ1v) is 24.8. The first kappa shape index (κ1) is 49.6. The highest BCUT2D eigenvalue weighted by molar-refractivity contribution is 6.74. The Hall–Kier alpha value is -4.81. The molecule has 0 unspecified atom stereocenters. The molecule has 0 radical (unpaired) electrons. The van der Waals surface area contributed by atoms with E-state index in [9.17, 15) is 14.4 Å². The van der Waals surface area contributed by atoms with Crippen LogP contribution >= 0.6 is 0 Å². The summed E-state index contributed by atoms with van der Waals surface area (Å²) in [5, 5.41) is 2.82. The van der Waals surface area contributed by atoms with Crippen LogP contribution in [0.25, 0.3) is 0 Å². The van der Waals surface area contributed by atoms with Crippen LogP contribution in [0.5, 0.6) is 0 Å². The van der Waals surface area contributed by atoms with E-state index in [2.05, 4.69) is 39.2 Å². The highest BCUT2D eigenvalue weighted by Crippen LogP contribution is 2.39. The molecule has 2 fully saturated rings. The highest BCUT2D eigenvalue weighted by Gasteiger charge is 2.57. The number of carbonyl (C=O) groups is 3. The van der Waals surface area contributed by atoms with E-state index in [-0.39, 0.29) is 37.0 Å². The van der Waals surface area contributed by atoms with Gasteiger partial charge in [0.1, 0.15) is 36.6 Å². The Morgan fingerprint density at radius 1 is 0.631 bits per heavy atom. The Balaban J connectivity index is 1.47. The minimum atomic E-state index is -2.37. The summed E-state index contributed by atoms with van der Waals surface area (Å²) in [7, 11) is 0.334. The lowest BCUT2D eigenvalue weighted by atomic mass is 9.94. The number of nitrogens with one attached hydrogen (secondary N) is 1. The maximum Gasteiger partial charge on any atom is 0.338 e. The average molecular weight is 914 g/mol. The molecule has 2 saturated heterocycles. The monoisotopic (exact) mass is 913 g/mol. The van der Waals surface area contributed by atoms with Crippen LogP contribution in [0.1, 0.15) is 54.7 Å². The molecule has 350 valence electrons. The summed E-state index contributed by atoms with van der Waals surface area (Å²) in [6.45, 7) is 12.4. The second-order valence-electron chi connectivity index (χ2n) is 17.6. The topological polar surface area (TPSA) is 156 Å². The smallest absolute Gasteiger partial charge is 0.338 e. The third kappa shape index (κ3) is 13.2. The van der Waals surface area contributed by atoms with Crippen LogP contribution in [0, 0.1) is 0 Å². The third-order valence-electron chi connectivity index (χ3n) is 12.0. The number of esters is 2. The Labute approximate surface area is 383 Å². The minimum Gasteiger partial charge on any atom is -0.467 e. The van der Waals surface area contributed by atoms with Crippen molar-refractivity contribution >= 4 is 26.2 Å². The summed E-state index contributed by atoms with van der Waals surface area (Å²) in [5.74, 6) is -1.90. The Bertz CT molecular complexity index is 2090. The fraction of sp³-hybridized carbons (Fsp3) is 0.460. The van der Waals surface area contributed by atoms with Gasteiger partial charge in [0.05, 0.1) is 39.1 Å². The lowest BCUT2D eigenvalue weighted by Crippen LogP contribution is -2.69. The average Bonchev–Trinajstić information content (AvgIpc) is 3.30. The van der Waals surface area contributed by atoms with Crippen molar-refractivity contribution in [2.75, 3.05) is 20.8 Å². The van der Waals surface area contributed by atoms with Crippen LogP contribution < -0.4 is 5.32 Å². The maximum atomic E-state index is 14.2. The Morgan fingerprint density at radius 2 is 1.12 bits per heavy atom. The summed E-state index contributed by atoms with van der Waals surface area (Å²) in [4.78, 5) is 41.2. The minimum absolute atomic E-state index is 0.0317. The van der Waals surface area contributed by atoms with Gasteiger partial charge in [-0.1, -0.05) is 130 Å². The van der Waals surface area contributed by atoms with Crippen LogP contribution in [-0.2, 0) is 76.5 Å². The number of hydrogen-bond acceptors (Lipinski definition) is 13. The van der Waals surface area contributed by atoms with Gasteiger partial charge < -0.3 is 52.4 Å². The summed E-state index contributed by atoms with van der Waals surface area (Å²) in [6.07, 6.45) is -10.8. The van der Waals surface area contributed by atoms with Gasteiger partial charge >= 0.3 is 11.9 Å². The fourth-order valence-electron chi connectivity index (χ4n) is 7.44. The van der Waals surface area contributed by atoms with E-state index in [1.165, 1.54) is 21.1 Å². The van der Waals surface area contributed by atoms with Crippen molar-refractivity contribution in [2.24, 2.45) is 0 Å². The standard InChI is InChI=1S/C50H63NO13Si/c1-33(52)51-39-41(40(57-29-34-21-13-9-14-22-34)38(61-48(39)56-6)32-60-65(7,8)50(2,3)4)63-49-45(62-46(53)37-27-19-12-20-28-37)43(59-31-36-25-17-11-18-26-36)42(44(64-49)47(54)55-5)58-30-35-23-15-10-16-24-35/h9-28,38-45,48-49H,29-32H2,1-8H3,(H,51,52)/t38-,39-,40+,41-,42+,43+,44+,45-,48-,49-/m1/s1. The molecule has 10 atom stereocenters. The molecule has 2 heterocycles. The van der Waals surface area contributed by atoms with E-state index in [1.807, 2.05) is 91.0 Å². The Kier molecular flexibility index (Phi) is 17.6. The van der Waals surface area contributed by atoms with E-state index in [0.717, 1.165) is 16.7 Å². The molecule has 0 spiro atoms. The zero-order valence-corrected chi connectivity index (χ0v) is 39.5. The molecule has 65 heavy (non-hydrogen) atoms. The van der Waals surface area contributed by atoms with Crippen molar-refractivity contribution in [3.8, 4) is 0 Å². The molecule has 15 heteroatoms.